The number of benzene rings is 2. The number of ether oxygens (including phenoxy) is 2. The Kier molecular flexibility index (Phi) is 7.48. The highest BCUT2D eigenvalue weighted by Crippen LogP contribution is 2.33. The molecule has 30 heavy (non-hydrogen) atoms. The van der Waals surface area contributed by atoms with Gasteiger partial charge in [0.25, 0.3) is 0 Å². The van der Waals surface area contributed by atoms with E-state index in [4.69, 9.17) is 9.47 Å². The average Bonchev–Trinajstić information content (AvgIpc) is 2.75. The number of amides is 1. The van der Waals surface area contributed by atoms with Crippen molar-refractivity contribution in [3.63, 3.8) is 0 Å². The summed E-state index contributed by atoms with van der Waals surface area (Å²) in [6, 6.07) is 10.3. The van der Waals surface area contributed by atoms with Crippen LogP contribution in [-0.4, -0.2) is 43.0 Å². The summed E-state index contributed by atoms with van der Waals surface area (Å²) in [5, 5.41) is 0. The van der Waals surface area contributed by atoms with E-state index in [0.29, 0.717) is 16.2 Å². The van der Waals surface area contributed by atoms with Crippen molar-refractivity contribution in [2.24, 2.45) is 0 Å². The Labute approximate surface area is 173 Å². The Balaban J connectivity index is 2.51. The van der Waals surface area contributed by atoms with Crippen LogP contribution >= 0.6 is 0 Å². The maximum atomic E-state index is 13.4. The Morgan fingerprint density at radius 2 is 1.60 bits per heavy atom. The Morgan fingerprint density at radius 3 is 2.10 bits per heavy atom. The van der Waals surface area contributed by atoms with Crippen molar-refractivity contribution in [2.75, 3.05) is 14.2 Å². The van der Waals surface area contributed by atoms with Gasteiger partial charge in [0.1, 0.15) is 0 Å². The molecule has 2 unspecified atom stereocenters. The Morgan fingerprint density at radius 1 is 1.00 bits per heavy atom. The SMILES string of the molecule is CCC(C(=O)c1ccc(OC)c(OC)c1)N(C(=O)C(F)(F)F)C(C)c1ccccc1. The van der Waals surface area contributed by atoms with Crippen molar-refractivity contribution in [2.45, 2.75) is 38.5 Å². The van der Waals surface area contributed by atoms with Gasteiger partial charge in [-0.25, -0.2) is 0 Å². The molecule has 0 spiro atoms. The van der Waals surface area contributed by atoms with Crippen LogP contribution in [-0.2, 0) is 4.79 Å². The van der Waals surface area contributed by atoms with E-state index >= 15 is 0 Å². The fraction of sp³-hybridized carbons (Fsp3) is 0.364. The molecule has 0 aliphatic carbocycles. The molecule has 0 saturated carbocycles. The molecule has 0 N–H and O–H groups in total. The quantitative estimate of drug-likeness (QED) is 0.572. The molecular weight excluding hydrogens is 399 g/mol. The lowest BCUT2D eigenvalue weighted by Gasteiger charge is -2.36. The predicted molar refractivity (Wildman–Crippen MR) is 106 cm³/mol. The maximum Gasteiger partial charge on any atom is 0.471 e. The summed E-state index contributed by atoms with van der Waals surface area (Å²) in [4.78, 5) is 26.2. The van der Waals surface area contributed by atoms with E-state index in [1.807, 2.05) is 0 Å². The van der Waals surface area contributed by atoms with E-state index in [2.05, 4.69) is 0 Å². The van der Waals surface area contributed by atoms with Crippen molar-refractivity contribution in [1.82, 2.24) is 4.90 Å². The summed E-state index contributed by atoms with van der Waals surface area (Å²) in [6.07, 6.45) is -5.11. The first-order chi connectivity index (χ1) is 14.1. The third-order valence-electron chi connectivity index (χ3n) is 4.87. The lowest BCUT2D eigenvalue weighted by atomic mass is 9.96. The molecule has 2 rings (SSSR count). The van der Waals surface area contributed by atoms with Gasteiger partial charge in [-0.05, 0) is 37.1 Å². The predicted octanol–water partition coefficient (Wildman–Crippen LogP) is 4.82. The van der Waals surface area contributed by atoms with Crippen LogP contribution < -0.4 is 9.47 Å². The lowest BCUT2D eigenvalue weighted by Crippen LogP contribution is -2.51. The Bertz CT molecular complexity index is 884. The van der Waals surface area contributed by atoms with Crippen molar-refractivity contribution in [1.29, 1.82) is 0 Å². The molecule has 0 radical (unpaired) electrons. The van der Waals surface area contributed by atoms with Crippen LogP contribution in [0, 0.1) is 0 Å². The third-order valence-corrected chi connectivity index (χ3v) is 4.87. The van der Waals surface area contributed by atoms with Crippen LogP contribution in [0.5, 0.6) is 11.5 Å². The van der Waals surface area contributed by atoms with Gasteiger partial charge < -0.3 is 14.4 Å². The molecule has 1 amide bonds. The zero-order valence-corrected chi connectivity index (χ0v) is 17.2. The number of ketones is 1. The highest BCUT2D eigenvalue weighted by molar-refractivity contribution is 6.03. The second-order valence-corrected chi connectivity index (χ2v) is 6.65. The summed E-state index contributed by atoms with van der Waals surface area (Å²) >= 11 is 0. The number of hydrogen-bond donors (Lipinski definition) is 0. The van der Waals surface area contributed by atoms with Crippen LogP contribution in [0.3, 0.4) is 0 Å². The van der Waals surface area contributed by atoms with Gasteiger partial charge in [-0.3, -0.25) is 9.59 Å². The third kappa shape index (κ3) is 4.93. The van der Waals surface area contributed by atoms with Crippen LogP contribution in [0.1, 0.15) is 42.2 Å². The minimum Gasteiger partial charge on any atom is -0.493 e. The maximum absolute atomic E-state index is 13.4. The summed E-state index contributed by atoms with van der Waals surface area (Å²) in [7, 11) is 2.82. The second-order valence-electron chi connectivity index (χ2n) is 6.65. The highest BCUT2D eigenvalue weighted by Gasteiger charge is 2.47. The summed E-state index contributed by atoms with van der Waals surface area (Å²) in [5.74, 6) is -2.02. The first-order valence-corrected chi connectivity index (χ1v) is 9.36. The number of halogens is 3. The molecule has 162 valence electrons. The van der Waals surface area contributed by atoms with Crippen molar-refractivity contribution >= 4 is 11.7 Å². The molecule has 8 heteroatoms. The van der Waals surface area contributed by atoms with Crippen LogP contribution in [0.15, 0.2) is 48.5 Å². The molecule has 5 nitrogen and oxygen atoms in total. The fourth-order valence-corrected chi connectivity index (χ4v) is 3.32. The normalized spacial score (nSPS) is 13.3. The summed E-state index contributed by atoms with van der Waals surface area (Å²) < 4.78 is 50.6. The summed E-state index contributed by atoms with van der Waals surface area (Å²) in [5.41, 5.74) is 0.619. The number of alkyl halides is 3. The van der Waals surface area contributed by atoms with E-state index in [-0.39, 0.29) is 17.7 Å². The van der Waals surface area contributed by atoms with Crippen molar-refractivity contribution < 1.29 is 32.2 Å². The van der Waals surface area contributed by atoms with Crippen LogP contribution in [0.2, 0.25) is 0 Å². The monoisotopic (exact) mass is 423 g/mol. The molecule has 0 aliphatic heterocycles. The van der Waals surface area contributed by atoms with Crippen molar-refractivity contribution in [3.8, 4) is 11.5 Å². The number of carbonyl (C=O) groups excluding carboxylic acids is 2. The van der Waals surface area contributed by atoms with Crippen molar-refractivity contribution in [3.05, 3.63) is 59.7 Å². The number of hydrogen-bond acceptors (Lipinski definition) is 4. The molecule has 2 aromatic carbocycles. The minimum absolute atomic E-state index is 0.00612. The second kappa shape index (κ2) is 9.65. The summed E-state index contributed by atoms with van der Waals surface area (Å²) in [6.45, 7) is 3.04. The number of methoxy groups -OCH3 is 2. The first-order valence-electron chi connectivity index (χ1n) is 9.36. The van der Waals surface area contributed by atoms with Gasteiger partial charge in [0.2, 0.25) is 0 Å². The average molecular weight is 423 g/mol. The molecule has 0 saturated heterocycles. The highest BCUT2D eigenvalue weighted by atomic mass is 19.4. The number of carbonyl (C=O) groups is 2. The van der Waals surface area contributed by atoms with Gasteiger partial charge in [-0.15, -0.1) is 0 Å². The lowest BCUT2D eigenvalue weighted by molar-refractivity contribution is -0.189. The minimum atomic E-state index is -5.12. The molecule has 0 bridgehead atoms. The van der Waals surface area contributed by atoms with Gasteiger partial charge in [-0.2, -0.15) is 13.2 Å². The fourth-order valence-electron chi connectivity index (χ4n) is 3.32. The van der Waals surface area contributed by atoms with Crippen LogP contribution in [0.4, 0.5) is 13.2 Å². The topological polar surface area (TPSA) is 55.8 Å². The van der Waals surface area contributed by atoms with Gasteiger partial charge in [-0.1, -0.05) is 37.3 Å². The zero-order chi connectivity index (χ0) is 22.5. The smallest absolute Gasteiger partial charge is 0.471 e. The zero-order valence-electron chi connectivity index (χ0n) is 17.2. The van der Waals surface area contributed by atoms with Gasteiger partial charge in [0, 0.05) is 5.56 Å². The van der Waals surface area contributed by atoms with Gasteiger partial charge in [0.05, 0.1) is 26.3 Å². The molecule has 2 atom stereocenters. The standard InChI is InChI=1S/C22H24F3NO4/c1-5-17(20(27)16-11-12-18(29-3)19(13-16)30-4)26(21(28)22(23,24)25)14(2)15-9-7-6-8-10-15/h6-14,17H,5H2,1-4H3. The van der Waals surface area contributed by atoms with Crippen LogP contribution in [0.25, 0.3) is 0 Å². The molecule has 0 heterocycles. The number of nitrogens with zero attached hydrogens (tertiary/aromatic N) is 1. The van der Waals surface area contributed by atoms with E-state index in [1.165, 1.54) is 39.3 Å². The van der Waals surface area contributed by atoms with Gasteiger partial charge in [0.15, 0.2) is 17.3 Å². The number of Topliss-reactive ketones (excluding diaryl/α,β-unsaturated/α-hetero) is 1. The molecule has 0 aliphatic rings. The molecular formula is C22H24F3NO4. The number of rotatable bonds is 8. The van der Waals surface area contributed by atoms with E-state index < -0.39 is 30.0 Å². The largest absolute Gasteiger partial charge is 0.493 e. The molecule has 0 fully saturated rings. The first kappa shape index (κ1) is 23.3. The molecule has 0 aromatic heterocycles. The Hall–Kier alpha value is -3.03. The van der Waals surface area contributed by atoms with E-state index in [9.17, 15) is 22.8 Å². The van der Waals surface area contributed by atoms with E-state index in [0.717, 1.165) is 0 Å². The van der Waals surface area contributed by atoms with Gasteiger partial charge >= 0.3 is 12.1 Å². The van der Waals surface area contributed by atoms with E-state index in [1.54, 1.807) is 37.3 Å². The molecule has 2 aromatic rings.